The number of carbonyl (C=O) groups is 1. The molecule has 5 aromatic rings. The molecule has 0 fully saturated rings. The molecule has 0 amide bonds. The Morgan fingerprint density at radius 2 is 1.66 bits per heavy atom. The lowest BCUT2D eigenvalue weighted by molar-refractivity contribution is 0.104. The number of nitrogens with zero attached hydrogens (tertiary/aromatic N) is 2. The molecule has 0 aliphatic rings. The number of aryl methyl sites for hydroxylation is 2. The molecular formula is C29H22N2O. The molecular weight excluding hydrogens is 392 g/mol. The third-order valence-electron chi connectivity index (χ3n) is 5.68. The Morgan fingerprint density at radius 3 is 2.50 bits per heavy atom. The van der Waals surface area contributed by atoms with E-state index in [-0.39, 0.29) is 5.78 Å². The Hall–Kier alpha value is -4.11. The van der Waals surface area contributed by atoms with Gasteiger partial charge in [-0.1, -0.05) is 60.2 Å². The average Bonchev–Trinajstić information content (AvgIpc) is 2.82. The number of ketones is 1. The van der Waals surface area contributed by atoms with Gasteiger partial charge in [-0.3, -0.25) is 14.8 Å². The van der Waals surface area contributed by atoms with E-state index in [1.54, 1.807) is 12.3 Å². The maximum absolute atomic E-state index is 13.5. The molecule has 3 heteroatoms. The Kier molecular flexibility index (Phi) is 5.08. The maximum Gasteiger partial charge on any atom is 0.188 e. The van der Waals surface area contributed by atoms with Gasteiger partial charge in [-0.2, -0.15) is 0 Å². The first kappa shape index (κ1) is 19.8. The first-order chi connectivity index (χ1) is 15.6. The van der Waals surface area contributed by atoms with Gasteiger partial charge in [0.1, 0.15) is 0 Å². The minimum atomic E-state index is -0.0523. The number of hydrogen-bond acceptors (Lipinski definition) is 3. The molecule has 0 saturated heterocycles. The van der Waals surface area contributed by atoms with Crippen LogP contribution in [-0.4, -0.2) is 15.8 Å². The van der Waals surface area contributed by atoms with Gasteiger partial charge in [-0.25, -0.2) is 0 Å². The molecule has 2 aromatic heterocycles. The lowest BCUT2D eigenvalue weighted by atomic mass is 9.91. The van der Waals surface area contributed by atoms with E-state index in [0.29, 0.717) is 5.56 Å². The number of allylic oxidation sites excluding steroid dienone is 1. The van der Waals surface area contributed by atoms with Gasteiger partial charge in [0.05, 0.1) is 16.6 Å². The number of fused-ring (bicyclic) bond motifs is 2. The highest BCUT2D eigenvalue weighted by molar-refractivity contribution is 6.16. The molecule has 0 spiro atoms. The highest BCUT2D eigenvalue weighted by atomic mass is 16.1. The van der Waals surface area contributed by atoms with Crippen molar-refractivity contribution < 1.29 is 4.79 Å². The predicted molar refractivity (Wildman–Crippen MR) is 132 cm³/mol. The molecule has 0 aliphatic heterocycles. The van der Waals surface area contributed by atoms with Gasteiger partial charge >= 0.3 is 0 Å². The third kappa shape index (κ3) is 3.69. The van der Waals surface area contributed by atoms with Crippen LogP contribution in [-0.2, 0) is 0 Å². The maximum atomic E-state index is 13.5. The lowest BCUT2D eigenvalue weighted by Gasteiger charge is -2.14. The minimum absolute atomic E-state index is 0.0523. The molecule has 0 bridgehead atoms. The molecule has 32 heavy (non-hydrogen) atoms. The van der Waals surface area contributed by atoms with Gasteiger partial charge < -0.3 is 0 Å². The van der Waals surface area contributed by atoms with Crippen molar-refractivity contribution in [3.8, 4) is 11.1 Å². The number of benzene rings is 3. The van der Waals surface area contributed by atoms with Crippen LogP contribution < -0.4 is 0 Å². The van der Waals surface area contributed by atoms with Crippen molar-refractivity contribution in [3.63, 3.8) is 0 Å². The fourth-order valence-electron chi connectivity index (χ4n) is 4.16. The van der Waals surface area contributed by atoms with E-state index >= 15 is 0 Å². The van der Waals surface area contributed by atoms with Crippen LogP contribution in [0.4, 0.5) is 0 Å². The van der Waals surface area contributed by atoms with Gasteiger partial charge in [0, 0.05) is 28.2 Å². The van der Waals surface area contributed by atoms with Crippen molar-refractivity contribution in [2.24, 2.45) is 0 Å². The van der Waals surface area contributed by atoms with Crippen molar-refractivity contribution in [1.82, 2.24) is 9.97 Å². The van der Waals surface area contributed by atoms with E-state index in [1.165, 1.54) is 0 Å². The Bertz CT molecular complexity index is 1500. The summed E-state index contributed by atoms with van der Waals surface area (Å²) in [5.74, 6) is -0.0523. The zero-order valence-corrected chi connectivity index (χ0v) is 18.0. The molecule has 2 heterocycles. The van der Waals surface area contributed by atoms with E-state index in [2.05, 4.69) is 24.0 Å². The molecule has 3 aromatic carbocycles. The number of pyridine rings is 2. The molecule has 3 nitrogen and oxygen atoms in total. The Labute approximate surface area is 187 Å². The largest absolute Gasteiger partial charge is 0.289 e. The van der Waals surface area contributed by atoms with Gasteiger partial charge in [0.25, 0.3) is 0 Å². The van der Waals surface area contributed by atoms with Gasteiger partial charge in [0.15, 0.2) is 5.78 Å². The van der Waals surface area contributed by atoms with Crippen LogP contribution in [0.3, 0.4) is 0 Å². The predicted octanol–water partition coefficient (Wildman–Crippen LogP) is 6.96. The normalized spacial score (nSPS) is 11.4. The molecule has 0 saturated carbocycles. The highest BCUT2D eigenvalue weighted by Gasteiger charge is 2.19. The molecule has 0 atom stereocenters. The van der Waals surface area contributed by atoms with Crippen LogP contribution in [0.15, 0.2) is 91.1 Å². The van der Waals surface area contributed by atoms with Crippen molar-refractivity contribution in [1.29, 1.82) is 0 Å². The number of aromatic nitrogens is 2. The topological polar surface area (TPSA) is 42.9 Å². The summed E-state index contributed by atoms with van der Waals surface area (Å²) >= 11 is 0. The average molecular weight is 415 g/mol. The van der Waals surface area contributed by atoms with Crippen molar-refractivity contribution in [2.45, 2.75) is 13.8 Å². The van der Waals surface area contributed by atoms with Crippen LogP contribution in [0.2, 0.25) is 0 Å². The fraction of sp³-hybridized carbons (Fsp3) is 0.0690. The lowest BCUT2D eigenvalue weighted by Crippen LogP contribution is -2.05. The van der Waals surface area contributed by atoms with Crippen LogP contribution in [0.25, 0.3) is 39.0 Å². The minimum Gasteiger partial charge on any atom is -0.289 e. The second-order valence-electron chi connectivity index (χ2n) is 7.99. The zero-order valence-electron chi connectivity index (χ0n) is 18.0. The van der Waals surface area contributed by atoms with Gasteiger partial charge in [0.2, 0.25) is 0 Å². The summed E-state index contributed by atoms with van der Waals surface area (Å²) in [4.78, 5) is 22.6. The molecule has 0 unspecified atom stereocenters. The van der Waals surface area contributed by atoms with E-state index < -0.39 is 0 Å². The summed E-state index contributed by atoms with van der Waals surface area (Å²) in [6.45, 7) is 3.97. The standard InChI is InChI=1S/C29H22N2O/c1-19-10-13-26-24(17-19)29(22-7-4-3-5-8-22)28(20(2)31-26)27(32)15-12-21-11-14-25-23(18-21)9-6-16-30-25/h3-18H,1-2H3. The summed E-state index contributed by atoms with van der Waals surface area (Å²) in [5.41, 5.74) is 7.27. The number of rotatable bonds is 4. The van der Waals surface area contributed by atoms with Crippen molar-refractivity contribution in [2.75, 3.05) is 0 Å². The SMILES string of the molecule is Cc1ccc2nc(C)c(C(=O)C=Cc3ccc4ncccc4c3)c(-c3ccccc3)c2c1. The Balaban J connectivity index is 1.64. The molecule has 0 radical (unpaired) electrons. The smallest absolute Gasteiger partial charge is 0.188 e. The summed E-state index contributed by atoms with van der Waals surface area (Å²) in [6, 6.07) is 26.2. The van der Waals surface area contributed by atoms with E-state index in [9.17, 15) is 4.79 Å². The van der Waals surface area contributed by atoms with Crippen LogP contribution in [0.5, 0.6) is 0 Å². The van der Waals surface area contributed by atoms with E-state index in [0.717, 1.165) is 49.8 Å². The van der Waals surface area contributed by atoms with E-state index in [4.69, 9.17) is 4.98 Å². The third-order valence-corrected chi connectivity index (χ3v) is 5.68. The summed E-state index contributed by atoms with van der Waals surface area (Å²) in [6.07, 6.45) is 5.29. The first-order valence-corrected chi connectivity index (χ1v) is 10.6. The summed E-state index contributed by atoms with van der Waals surface area (Å²) < 4.78 is 0. The van der Waals surface area contributed by atoms with Crippen molar-refractivity contribution >= 4 is 33.7 Å². The number of carbonyl (C=O) groups excluding carboxylic acids is 1. The van der Waals surface area contributed by atoms with Crippen LogP contribution >= 0.6 is 0 Å². The molecule has 154 valence electrons. The second-order valence-corrected chi connectivity index (χ2v) is 7.99. The molecule has 5 rings (SSSR count). The van der Waals surface area contributed by atoms with Crippen LogP contribution in [0.1, 0.15) is 27.2 Å². The Morgan fingerprint density at radius 1 is 0.844 bits per heavy atom. The monoisotopic (exact) mass is 414 g/mol. The summed E-state index contributed by atoms with van der Waals surface area (Å²) in [5, 5.41) is 2.04. The zero-order chi connectivity index (χ0) is 22.1. The highest BCUT2D eigenvalue weighted by Crippen LogP contribution is 2.34. The number of hydrogen-bond donors (Lipinski definition) is 0. The van der Waals surface area contributed by atoms with Crippen molar-refractivity contribution in [3.05, 3.63) is 114 Å². The van der Waals surface area contributed by atoms with Gasteiger partial charge in [-0.05, 0) is 61.4 Å². The summed E-state index contributed by atoms with van der Waals surface area (Å²) in [7, 11) is 0. The quantitative estimate of drug-likeness (QED) is 0.236. The molecule has 0 N–H and O–H groups in total. The van der Waals surface area contributed by atoms with Gasteiger partial charge in [-0.15, -0.1) is 0 Å². The molecule has 0 aliphatic carbocycles. The van der Waals surface area contributed by atoms with E-state index in [1.807, 2.05) is 79.7 Å². The van der Waals surface area contributed by atoms with Crippen LogP contribution in [0, 0.1) is 13.8 Å². The second kappa shape index (κ2) is 8.20. The first-order valence-electron chi connectivity index (χ1n) is 10.6. The fourth-order valence-corrected chi connectivity index (χ4v) is 4.16.